The van der Waals surface area contributed by atoms with Crippen molar-refractivity contribution in [2.24, 2.45) is 0 Å². The highest BCUT2D eigenvalue weighted by Gasteiger charge is 2.15. The molecular formula is C22H27BrN2O2. The van der Waals surface area contributed by atoms with Gasteiger partial charge < -0.3 is 10.1 Å². The SMILES string of the molecule is C[C@H](Oc1ccc(Br)cc1)C(=O)NCc1cccc(CN2CCCCC2)c1. The number of amides is 1. The first-order valence-electron chi connectivity index (χ1n) is 9.60. The summed E-state index contributed by atoms with van der Waals surface area (Å²) >= 11 is 3.39. The van der Waals surface area contributed by atoms with Crippen molar-refractivity contribution in [2.75, 3.05) is 13.1 Å². The topological polar surface area (TPSA) is 41.6 Å². The summed E-state index contributed by atoms with van der Waals surface area (Å²) in [7, 11) is 0. The number of benzene rings is 2. The zero-order valence-electron chi connectivity index (χ0n) is 15.8. The Labute approximate surface area is 170 Å². The van der Waals surface area contributed by atoms with Crippen LogP contribution in [0, 0.1) is 0 Å². The van der Waals surface area contributed by atoms with E-state index in [0.717, 1.165) is 16.6 Å². The lowest BCUT2D eigenvalue weighted by molar-refractivity contribution is -0.127. The quantitative estimate of drug-likeness (QED) is 0.701. The van der Waals surface area contributed by atoms with E-state index in [9.17, 15) is 4.79 Å². The summed E-state index contributed by atoms with van der Waals surface area (Å²) in [5, 5.41) is 2.97. The van der Waals surface area contributed by atoms with E-state index in [4.69, 9.17) is 4.74 Å². The summed E-state index contributed by atoms with van der Waals surface area (Å²) < 4.78 is 6.69. The lowest BCUT2D eigenvalue weighted by Crippen LogP contribution is -2.35. The predicted octanol–water partition coefficient (Wildman–Crippen LogP) is 4.52. The van der Waals surface area contributed by atoms with Gasteiger partial charge >= 0.3 is 0 Å². The van der Waals surface area contributed by atoms with Crippen molar-refractivity contribution in [3.8, 4) is 5.75 Å². The van der Waals surface area contributed by atoms with Gasteiger partial charge in [-0.25, -0.2) is 0 Å². The average molecular weight is 431 g/mol. The Balaban J connectivity index is 1.49. The maximum Gasteiger partial charge on any atom is 0.261 e. The lowest BCUT2D eigenvalue weighted by atomic mass is 10.1. The van der Waals surface area contributed by atoms with Gasteiger partial charge in [-0.1, -0.05) is 46.6 Å². The number of nitrogens with one attached hydrogen (secondary N) is 1. The molecule has 0 aliphatic carbocycles. The minimum atomic E-state index is -0.539. The summed E-state index contributed by atoms with van der Waals surface area (Å²) in [6, 6.07) is 16.0. The Morgan fingerprint density at radius 3 is 2.56 bits per heavy atom. The molecule has 2 aromatic rings. The molecular weight excluding hydrogens is 404 g/mol. The van der Waals surface area contributed by atoms with E-state index in [1.54, 1.807) is 6.92 Å². The molecule has 1 atom stereocenters. The van der Waals surface area contributed by atoms with E-state index in [-0.39, 0.29) is 5.91 Å². The zero-order valence-corrected chi connectivity index (χ0v) is 17.4. The highest BCUT2D eigenvalue weighted by Crippen LogP contribution is 2.17. The molecule has 27 heavy (non-hydrogen) atoms. The highest BCUT2D eigenvalue weighted by atomic mass is 79.9. The minimum Gasteiger partial charge on any atom is -0.481 e. The Bertz CT molecular complexity index is 742. The largest absolute Gasteiger partial charge is 0.481 e. The second-order valence-corrected chi connectivity index (χ2v) is 8.00. The Morgan fingerprint density at radius 1 is 1.11 bits per heavy atom. The number of ether oxygens (including phenoxy) is 1. The molecule has 1 heterocycles. The molecule has 0 unspecified atom stereocenters. The molecule has 4 nitrogen and oxygen atoms in total. The third-order valence-electron chi connectivity index (χ3n) is 4.81. The molecule has 144 valence electrons. The van der Waals surface area contributed by atoms with Crippen LogP contribution in [0.15, 0.2) is 53.0 Å². The molecule has 0 spiro atoms. The summed E-state index contributed by atoms with van der Waals surface area (Å²) in [6.07, 6.45) is 3.41. The van der Waals surface area contributed by atoms with Gasteiger partial charge in [-0.05, 0) is 68.2 Å². The summed E-state index contributed by atoms with van der Waals surface area (Å²) in [5.74, 6) is 0.573. The molecule has 1 aliphatic rings. The number of likely N-dealkylation sites (tertiary alicyclic amines) is 1. The third kappa shape index (κ3) is 6.36. The molecule has 5 heteroatoms. The molecule has 1 aliphatic heterocycles. The molecule has 0 bridgehead atoms. The second-order valence-electron chi connectivity index (χ2n) is 7.09. The number of rotatable bonds is 7. The van der Waals surface area contributed by atoms with Crippen molar-refractivity contribution in [1.82, 2.24) is 10.2 Å². The number of nitrogens with zero attached hydrogens (tertiary/aromatic N) is 1. The van der Waals surface area contributed by atoms with Crippen molar-refractivity contribution < 1.29 is 9.53 Å². The highest BCUT2D eigenvalue weighted by molar-refractivity contribution is 9.10. The normalized spacial score (nSPS) is 15.9. The molecule has 0 aromatic heterocycles. The molecule has 3 rings (SSSR count). The van der Waals surface area contributed by atoms with Gasteiger partial charge in [0, 0.05) is 17.6 Å². The standard InChI is InChI=1S/C22H27BrN2O2/c1-17(27-21-10-8-20(23)9-11-21)22(26)24-15-18-6-5-7-19(14-18)16-25-12-3-2-4-13-25/h5-11,14,17H,2-4,12-13,15-16H2,1H3,(H,24,26)/t17-/m0/s1. The minimum absolute atomic E-state index is 0.112. The summed E-state index contributed by atoms with van der Waals surface area (Å²) in [5.41, 5.74) is 2.43. The number of hydrogen-bond acceptors (Lipinski definition) is 3. The maximum absolute atomic E-state index is 12.3. The Hall–Kier alpha value is -1.85. The van der Waals surface area contributed by atoms with Crippen LogP contribution in [0.4, 0.5) is 0 Å². The van der Waals surface area contributed by atoms with Crippen molar-refractivity contribution in [3.05, 3.63) is 64.1 Å². The first kappa shape index (κ1) is 19.9. The van der Waals surface area contributed by atoms with E-state index < -0.39 is 6.10 Å². The maximum atomic E-state index is 12.3. The summed E-state index contributed by atoms with van der Waals surface area (Å²) in [4.78, 5) is 14.8. The summed E-state index contributed by atoms with van der Waals surface area (Å²) in [6.45, 7) is 5.65. The molecule has 1 saturated heterocycles. The van der Waals surface area contributed by atoms with Gasteiger partial charge in [-0.15, -0.1) is 0 Å². The molecule has 1 fully saturated rings. The fourth-order valence-corrected chi connectivity index (χ4v) is 3.58. The lowest BCUT2D eigenvalue weighted by Gasteiger charge is -2.26. The van der Waals surface area contributed by atoms with Gasteiger partial charge in [0.25, 0.3) is 5.91 Å². The van der Waals surface area contributed by atoms with Crippen LogP contribution in [-0.2, 0) is 17.9 Å². The zero-order chi connectivity index (χ0) is 19.1. The fraction of sp³-hybridized carbons (Fsp3) is 0.409. The number of carbonyl (C=O) groups is 1. The molecule has 1 amide bonds. The Kier molecular flexibility index (Phi) is 7.30. The van der Waals surface area contributed by atoms with Crippen LogP contribution in [0.5, 0.6) is 5.75 Å². The third-order valence-corrected chi connectivity index (χ3v) is 5.34. The van der Waals surface area contributed by atoms with E-state index in [0.29, 0.717) is 12.3 Å². The van der Waals surface area contributed by atoms with Gasteiger partial charge in [0.1, 0.15) is 5.75 Å². The van der Waals surface area contributed by atoms with E-state index in [2.05, 4.69) is 50.4 Å². The Morgan fingerprint density at radius 2 is 1.81 bits per heavy atom. The molecule has 2 aromatic carbocycles. The van der Waals surface area contributed by atoms with Gasteiger partial charge in [0.15, 0.2) is 6.10 Å². The van der Waals surface area contributed by atoms with Crippen molar-refractivity contribution in [2.45, 2.75) is 45.4 Å². The van der Waals surface area contributed by atoms with Crippen LogP contribution >= 0.6 is 15.9 Å². The van der Waals surface area contributed by atoms with Crippen molar-refractivity contribution in [3.63, 3.8) is 0 Å². The van der Waals surface area contributed by atoms with Gasteiger partial charge in [-0.3, -0.25) is 9.69 Å². The predicted molar refractivity (Wildman–Crippen MR) is 112 cm³/mol. The van der Waals surface area contributed by atoms with Crippen LogP contribution in [0.3, 0.4) is 0 Å². The average Bonchev–Trinajstić information content (AvgIpc) is 2.69. The number of hydrogen-bond donors (Lipinski definition) is 1. The molecule has 0 radical (unpaired) electrons. The van der Waals surface area contributed by atoms with Crippen LogP contribution in [0.25, 0.3) is 0 Å². The van der Waals surface area contributed by atoms with Gasteiger partial charge in [-0.2, -0.15) is 0 Å². The van der Waals surface area contributed by atoms with Gasteiger partial charge in [0.05, 0.1) is 0 Å². The molecule has 1 N–H and O–H groups in total. The number of piperidine rings is 1. The van der Waals surface area contributed by atoms with E-state index >= 15 is 0 Å². The smallest absolute Gasteiger partial charge is 0.261 e. The van der Waals surface area contributed by atoms with E-state index in [1.165, 1.54) is 37.9 Å². The van der Waals surface area contributed by atoms with Crippen LogP contribution in [0.1, 0.15) is 37.3 Å². The van der Waals surface area contributed by atoms with Crippen LogP contribution in [-0.4, -0.2) is 30.0 Å². The van der Waals surface area contributed by atoms with Crippen molar-refractivity contribution in [1.29, 1.82) is 0 Å². The first-order valence-corrected chi connectivity index (χ1v) is 10.4. The second kappa shape index (κ2) is 9.90. The van der Waals surface area contributed by atoms with Gasteiger partial charge in [0.2, 0.25) is 0 Å². The van der Waals surface area contributed by atoms with Crippen LogP contribution in [0.2, 0.25) is 0 Å². The van der Waals surface area contributed by atoms with Crippen molar-refractivity contribution >= 4 is 21.8 Å². The monoisotopic (exact) mass is 430 g/mol. The van der Waals surface area contributed by atoms with E-state index in [1.807, 2.05) is 24.3 Å². The number of halogens is 1. The van der Waals surface area contributed by atoms with Crippen LogP contribution < -0.4 is 10.1 Å². The first-order chi connectivity index (χ1) is 13.1. The molecule has 0 saturated carbocycles. The number of carbonyl (C=O) groups excluding carboxylic acids is 1. The fourth-order valence-electron chi connectivity index (χ4n) is 3.32.